The van der Waals surface area contributed by atoms with Crippen molar-refractivity contribution >= 4 is 17.6 Å². The summed E-state index contributed by atoms with van der Waals surface area (Å²) in [6, 6.07) is 5.77. The van der Waals surface area contributed by atoms with Gasteiger partial charge in [-0.3, -0.25) is 4.79 Å². The Bertz CT molecular complexity index is 640. The number of benzene rings is 1. The van der Waals surface area contributed by atoms with Gasteiger partial charge in [-0.25, -0.2) is 4.98 Å². The summed E-state index contributed by atoms with van der Waals surface area (Å²) < 4.78 is 7.46. The zero-order valence-electron chi connectivity index (χ0n) is 12.4. The summed E-state index contributed by atoms with van der Waals surface area (Å²) in [5, 5.41) is 0.758. The number of hydrogen-bond acceptors (Lipinski definition) is 3. The second-order valence-corrected chi connectivity index (χ2v) is 5.98. The summed E-state index contributed by atoms with van der Waals surface area (Å²) in [4.78, 5) is 16.2. The zero-order chi connectivity index (χ0) is 15.4. The molecule has 0 aliphatic heterocycles. The maximum atomic E-state index is 12.2. The number of halogens is 1. The molecule has 116 valence electrons. The topological polar surface area (TPSA) is 44.1 Å². The SMILES string of the molecule is O=C(OCCCCn1ccnc1)C1CCc2c(Cl)cccc21. The Morgan fingerprint density at radius 3 is 3.14 bits per heavy atom. The van der Waals surface area contributed by atoms with Crippen LogP contribution in [0.2, 0.25) is 5.02 Å². The molecule has 0 fully saturated rings. The molecule has 3 rings (SSSR count). The Labute approximate surface area is 135 Å². The van der Waals surface area contributed by atoms with E-state index in [0.717, 1.165) is 48.4 Å². The first-order valence-electron chi connectivity index (χ1n) is 7.65. The van der Waals surface area contributed by atoms with Gasteiger partial charge in [-0.1, -0.05) is 23.7 Å². The lowest BCUT2D eigenvalue weighted by atomic mass is 10.0. The molecule has 2 aromatic rings. The van der Waals surface area contributed by atoms with Crippen molar-refractivity contribution in [1.82, 2.24) is 9.55 Å². The Morgan fingerprint density at radius 2 is 2.32 bits per heavy atom. The number of aryl methyl sites for hydroxylation is 1. The summed E-state index contributed by atoms with van der Waals surface area (Å²) in [6.07, 6.45) is 8.98. The number of carbonyl (C=O) groups excluding carboxylic acids is 1. The van der Waals surface area contributed by atoms with Crippen molar-refractivity contribution in [2.24, 2.45) is 0 Å². The minimum atomic E-state index is -0.151. The highest BCUT2D eigenvalue weighted by molar-refractivity contribution is 6.31. The van der Waals surface area contributed by atoms with Gasteiger partial charge in [-0.05, 0) is 42.9 Å². The summed E-state index contributed by atoms with van der Waals surface area (Å²) in [5.41, 5.74) is 2.14. The Balaban J connectivity index is 1.45. The number of unbranched alkanes of at least 4 members (excludes halogenated alkanes) is 1. The fourth-order valence-corrected chi connectivity index (χ4v) is 3.22. The van der Waals surface area contributed by atoms with E-state index in [1.54, 1.807) is 12.5 Å². The molecule has 0 N–H and O–H groups in total. The van der Waals surface area contributed by atoms with Crippen molar-refractivity contribution in [3.63, 3.8) is 0 Å². The lowest BCUT2D eigenvalue weighted by Gasteiger charge is -2.12. The summed E-state index contributed by atoms with van der Waals surface area (Å²) in [5.74, 6) is -0.272. The van der Waals surface area contributed by atoms with Crippen LogP contribution in [0.5, 0.6) is 0 Å². The molecule has 1 unspecified atom stereocenters. The van der Waals surface area contributed by atoms with Gasteiger partial charge in [0.25, 0.3) is 0 Å². The molecule has 1 heterocycles. The highest BCUT2D eigenvalue weighted by Crippen LogP contribution is 2.37. The highest BCUT2D eigenvalue weighted by atomic mass is 35.5. The predicted molar refractivity (Wildman–Crippen MR) is 84.9 cm³/mol. The van der Waals surface area contributed by atoms with E-state index in [1.807, 2.05) is 29.0 Å². The van der Waals surface area contributed by atoms with E-state index >= 15 is 0 Å². The molecule has 1 aliphatic rings. The number of esters is 1. The second-order valence-electron chi connectivity index (χ2n) is 5.57. The van der Waals surface area contributed by atoms with Gasteiger partial charge in [0, 0.05) is 24.0 Å². The van der Waals surface area contributed by atoms with Crippen molar-refractivity contribution in [3.05, 3.63) is 53.1 Å². The third-order valence-electron chi connectivity index (χ3n) is 4.11. The number of fused-ring (bicyclic) bond motifs is 1. The second kappa shape index (κ2) is 6.97. The van der Waals surface area contributed by atoms with Gasteiger partial charge in [0.1, 0.15) is 0 Å². The van der Waals surface area contributed by atoms with E-state index in [9.17, 15) is 4.79 Å². The van der Waals surface area contributed by atoms with E-state index in [0.29, 0.717) is 6.61 Å². The van der Waals surface area contributed by atoms with Gasteiger partial charge in [-0.15, -0.1) is 0 Å². The van der Waals surface area contributed by atoms with Crippen LogP contribution in [0, 0.1) is 0 Å². The Kier molecular flexibility index (Phi) is 4.78. The molecule has 0 saturated heterocycles. The average molecular weight is 319 g/mol. The molecule has 0 bridgehead atoms. The first-order valence-corrected chi connectivity index (χ1v) is 8.03. The molecule has 0 saturated carbocycles. The van der Waals surface area contributed by atoms with Crippen molar-refractivity contribution in [2.75, 3.05) is 6.61 Å². The van der Waals surface area contributed by atoms with Crippen molar-refractivity contribution in [1.29, 1.82) is 0 Å². The van der Waals surface area contributed by atoms with Crippen molar-refractivity contribution in [3.8, 4) is 0 Å². The molecule has 1 aromatic carbocycles. The van der Waals surface area contributed by atoms with Gasteiger partial charge in [0.15, 0.2) is 0 Å². The molecular weight excluding hydrogens is 300 g/mol. The standard InChI is InChI=1S/C17H19ClN2O2/c18-16-5-3-4-13-14(16)6-7-15(13)17(21)22-11-2-1-9-20-10-8-19-12-20/h3-5,8,10,12,15H,1-2,6-7,9,11H2. The van der Waals surface area contributed by atoms with Crippen LogP contribution in [0.4, 0.5) is 0 Å². The molecule has 5 heteroatoms. The van der Waals surface area contributed by atoms with Crippen LogP contribution >= 0.6 is 11.6 Å². The number of nitrogens with zero attached hydrogens (tertiary/aromatic N) is 2. The van der Waals surface area contributed by atoms with Crippen molar-refractivity contribution in [2.45, 2.75) is 38.1 Å². The molecule has 1 atom stereocenters. The van der Waals surface area contributed by atoms with Crippen LogP contribution in [0.15, 0.2) is 36.9 Å². The van der Waals surface area contributed by atoms with E-state index < -0.39 is 0 Å². The fraction of sp³-hybridized carbons (Fsp3) is 0.412. The first-order chi connectivity index (χ1) is 10.8. The lowest BCUT2D eigenvalue weighted by molar-refractivity contribution is -0.145. The van der Waals surface area contributed by atoms with Gasteiger partial charge < -0.3 is 9.30 Å². The highest BCUT2D eigenvalue weighted by Gasteiger charge is 2.30. The third kappa shape index (κ3) is 3.33. The summed E-state index contributed by atoms with van der Waals surface area (Å²) >= 11 is 6.17. The minimum Gasteiger partial charge on any atom is -0.465 e. The molecule has 22 heavy (non-hydrogen) atoms. The first kappa shape index (κ1) is 15.1. The molecule has 1 aliphatic carbocycles. The van der Waals surface area contributed by atoms with E-state index in [4.69, 9.17) is 16.3 Å². The quantitative estimate of drug-likeness (QED) is 0.604. The minimum absolute atomic E-state index is 0.122. The Morgan fingerprint density at radius 1 is 1.41 bits per heavy atom. The zero-order valence-corrected chi connectivity index (χ0v) is 13.1. The number of imidazole rings is 1. The summed E-state index contributed by atoms with van der Waals surface area (Å²) in [6.45, 7) is 1.37. The van der Waals surface area contributed by atoms with Crippen LogP contribution in [-0.2, 0) is 22.5 Å². The third-order valence-corrected chi connectivity index (χ3v) is 4.47. The largest absolute Gasteiger partial charge is 0.465 e. The van der Waals surface area contributed by atoms with Crippen LogP contribution in [-0.4, -0.2) is 22.1 Å². The fourth-order valence-electron chi connectivity index (χ4n) is 2.94. The maximum Gasteiger partial charge on any atom is 0.313 e. The normalized spacial score (nSPS) is 16.5. The molecule has 0 radical (unpaired) electrons. The van der Waals surface area contributed by atoms with Crippen LogP contribution in [0.25, 0.3) is 0 Å². The Hall–Kier alpha value is -1.81. The van der Waals surface area contributed by atoms with Crippen molar-refractivity contribution < 1.29 is 9.53 Å². The number of hydrogen-bond donors (Lipinski definition) is 0. The molecule has 0 spiro atoms. The molecule has 4 nitrogen and oxygen atoms in total. The smallest absolute Gasteiger partial charge is 0.313 e. The lowest BCUT2D eigenvalue weighted by Crippen LogP contribution is -2.14. The monoisotopic (exact) mass is 318 g/mol. The number of aromatic nitrogens is 2. The van der Waals surface area contributed by atoms with E-state index in [-0.39, 0.29) is 11.9 Å². The molecule has 1 aromatic heterocycles. The van der Waals surface area contributed by atoms with E-state index in [2.05, 4.69) is 4.98 Å². The number of ether oxygens (including phenoxy) is 1. The van der Waals surface area contributed by atoms with Crippen LogP contribution in [0.1, 0.15) is 36.3 Å². The van der Waals surface area contributed by atoms with Crippen LogP contribution < -0.4 is 0 Å². The number of carbonyl (C=O) groups is 1. The van der Waals surface area contributed by atoms with Gasteiger partial charge >= 0.3 is 5.97 Å². The number of rotatable bonds is 6. The van der Waals surface area contributed by atoms with Gasteiger partial charge in [0.2, 0.25) is 0 Å². The maximum absolute atomic E-state index is 12.2. The predicted octanol–water partition coefficient (Wildman–Crippen LogP) is 3.59. The van der Waals surface area contributed by atoms with Crippen LogP contribution in [0.3, 0.4) is 0 Å². The van der Waals surface area contributed by atoms with E-state index in [1.165, 1.54) is 0 Å². The summed E-state index contributed by atoms with van der Waals surface area (Å²) in [7, 11) is 0. The average Bonchev–Trinajstić information content (AvgIpc) is 3.16. The molecule has 0 amide bonds. The molecular formula is C17H19ClN2O2. The van der Waals surface area contributed by atoms with Gasteiger partial charge in [-0.2, -0.15) is 0 Å². The van der Waals surface area contributed by atoms with Gasteiger partial charge in [0.05, 0.1) is 18.9 Å².